The van der Waals surface area contributed by atoms with Crippen LogP contribution >= 0.6 is 23.4 Å². The van der Waals surface area contributed by atoms with Crippen LogP contribution in [0.5, 0.6) is 11.5 Å². The maximum atomic E-state index is 13.4. The largest absolute Gasteiger partial charge is 0.493 e. The highest BCUT2D eigenvalue weighted by molar-refractivity contribution is 8.18. The van der Waals surface area contributed by atoms with Gasteiger partial charge >= 0.3 is 0 Å². The summed E-state index contributed by atoms with van der Waals surface area (Å²) in [7, 11) is 1.50. The number of rotatable bonds is 8. The van der Waals surface area contributed by atoms with Crippen LogP contribution < -0.4 is 14.8 Å². The summed E-state index contributed by atoms with van der Waals surface area (Å²) in [6.07, 6.45) is 8.75. The number of methoxy groups -OCH3 is 1. The SMILES string of the molecule is COc1cc(/C=C2\SC(=O)N(Cc3ccc(F)cc3Cl)C2=O)ccc1OCC(=O)NC12CC3CC(CC(C3)C1)C2. The third kappa shape index (κ3) is 5.46. The van der Waals surface area contributed by atoms with Crippen LogP contribution in [-0.2, 0) is 16.1 Å². The summed E-state index contributed by atoms with van der Waals surface area (Å²) >= 11 is 6.90. The Bertz CT molecular complexity index is 1380. The predicted octanol–water partition coefficient (Wildman–Crippen LogP) is 6.19. The maximum Gasteiger partial charge on any atom is 0.293 e. The van der Waals surface area contributed by atoms with Crippen LogP contribution in [0.4, 0.5) is 9.18 Å². The van der Waals surface area contributed by atoms with Crippen molar-refractivity contribution in [2.45, 2.75) is 50.6 Å². The molecular weight excluding hydrogens is 555 g/mol. The van der Waals surface area contributed by atoms with Crippen LogP contribution in [0.2, 0.25) is 5.02 Å². The molecule has 1 aliphatic heterocycles. The smallest absolute Gasteiger partial charge is 0.293 e. The highest BCUT2D eigenvalue weighted by Crippen LogP contribution is 2.55. The van der Waals surface area contributed by atoms with E-state index >= 15 is 0 Å². The number of nitrogens with one attached hydrogen (secondary N) is 1. The molecule has 4 aliphatic carbocycles. The number of halogens is 2. The number of hydrogen-bond acceptors (Lipinski definition) is 6. The molecule has 4 bridgehead atoms. The van der Waals surface area contributed by atoms with Gasteiger partial charge in [0.15, 0.2) is 18.1 Å². The zero-order valence-corrected chi connectivity index (χ0v) is 23.7. The third-order valence-corrected chi connectivity index (χ3v) is 9.76. The van der Waals surface area contributed by atoms with E-state index in [1.807, 2.05) is 0 Å². The van der Waals surface area contributed by atoms with Crippen molar-refractivity contribution < 1.29 is 28.2 Å². The normalized spacial score (nSPS) is 27.9. The van der Waals surface area contributed by atoms with E-state index in [-0.39, 0.29) is 34.5 Å². The van der Waals surface area contributed by atoms with Gasteiger partial charge in [0.25, 0.3) is 17.1 Å². The molecule has 5 fully saturated rings. The van der Waals surface area contributed by atoms with Crippen LogP contribution in [0.15, 0.2) is 41.3 Å². The topological polar surface area (TPSA) is 84.9 Å². The fourth-order valence-electron chi connectivity index (χ4n) is 7.24. The Hall–Kier alpha value is -3.04. The molecule has 0 unspecified atom stereocenters. The van der Waals surface area contributed by atoms with E-state index in [4.69, 9.17) is 21.1 Å². The van der Waals surface area contributed by atoms with Gasteiger partial charge in [0.2, 0.25) is 0 Å². The summed E-state index contributed by atoms with van der Waals surface area (Å²) in [5.74, 6) is 1.96. The Morgan fingerprint density at radius 1 is 1.10 bits per heavy atom. The lowest BCUT2D eigenvalue weighted by molar-refractivity contribution is -0.129. The lowest BCUT2D eigenvalue weighted by atomic mass is 9.53. The van der Waals surface area contributed by atoms with E-state index in [9.17, 15) is 18.8 Å². The van der Waals surface area contributed by atoms with Gasteiger partial charge in [-0.3, -0.25) is 19.3 Å². The van der Waals surface area contributed by atoms with E-state index in [1.165, 1.54) is 38.5 Å². The van der Waals surface area contributed by atoms with E-state index < -0.39 is 17.0 Å². The third-order valence-electron chi connectivity index (χ3n) is 8.50. The molecule has 2 aromatic carbocycles. The predicted molar refractivity (Wildman–Crippen MR) is 150 cm³/mol. The van der Waals surface area contributed by atoms with Crippen molar-refractivity contribution in [1.29, 1.82) is 0 Å². The number of hydrogen-bond donors (Lipinski definition) is 1. The quantitative estimate of drug-likeness (QED) is 0.373. The first-order valence-electron chi connectivity index (χ1n) is 13.5. The van der Waals surface area contributed by atoms with E-state index in [2.05, 4.69) is 5.32 Å². The van der Waals surface area contributed by atoms with Crippen molar-refractivity contribution in [3.05, 3.63) is 63.3 Å². The number of amides is 3. The number of ether oxygens (including phenoxy) is 2. The Morgan fingerprint density at radius 2 is 1.80 bits per heavy atom. The minimum absolute atomic E-state index is 0.0530. The van der Waals surface area contributed by atoms with E-state index in [1.54, 1.807) is 24.3 Å². The summed E-state index contributed by atoms with van der Waals surface area (Å²) in [6.45, 7) is -0.162. The van der Waals surface area contributed by atoms with Crippen molar-refractivity contribution in [3.63, 3.8) is 0 Å². The van der Waals surface area contributed by atoms with Gasteiger partial charge in [-0.15, -0.1) is 0 Å². The molecule has 40 heavy (non-hydrogen) atoms. The number of nitrogens with zero attached hydrogens (tertiary/aromatic N) is 1. The number of carbonyl (C=O) groups excluding carboxylic acids is 3. The number of benzene rings is 2. The minimum Gasteiger partial charge on any atom is -0.493 e. The van der Waals surface area contributed by atoms with Crippen molar-refractivity contribution in [3.8, 4) is 11.5 Å². The highest BCUT2D eigenvalue weighted by Gasteiger charge is 2.51. The lowest BCUT2D eigenvalue weighted by Crippen LogP contribution is -2.60. The van der Waals surface area contributed by atoms with Gasteiger partial charge in [-0.25, -0.2) is 4.39 Å². The van der Waals surface area contributed by atoms with Gasteiger partial charge in [-0.05, 0) is 110 Å². The molecule has 5 aliphatic rings. The minimum atomic E-state index is -0.493. The monoisotopic (exact) mass is 584 g/mol. The van der Waals surface area contributed by atoms with Gasteiger partial charge in [0.05, 0.1) is 18.6 Å². The molecule has 10 heteroatoms. The maximum absolute atomic E-state index is 13.4. The molecule has 1 heterocycles. The van der Waals surface area contributed by atoms with Gasteiger partial charge in [0, 0.05) is 10.6 Å². The number of thioether (sulfide) groups is 1. The fraction of sp³-hybridized carbons (Fsp3) is 0.433. The standard InChI is InChI=1S/C30H30ClFN2O5S/c1-38-25-9-17(10-26-28(36)34(29(37)40-26)15-21-3-4-22(32)11-23(21)31)2-5-24(25)39-16-27(35)33-30-12-18-6-19(13-30)8-20(7-18)14-30/h2-5,9-11,18-20H,6-8,12-16H2,1H3,(H,33,35)/b26-10-. The van der Waals surface area contributed by atoms with Crippen LogP contribution in [0.25, 0.3) is 6.08 Å². The molecule has 0 aromatic heterocycles. The van der Waals surface area contributed by atoms with Gasteiger partial charge < -0.3 is 14.8 Å². The van der Waals surface area contributed by atoms with Crippen LogP contribution in [0.3, 0.4) is 0 Å². The first-order valence-corrected chi connectivity index (χ1v) is 14.7. The lowest BCUT2D eigenvalue weighted by Gasteiger charge is -2.56. The van der Waals surface area contributed by atoms with Crippen molar-refractivity contribution in [2.24, 2.45) is 17.8 Å². The second-order valence-electron chi connectivity index (χ2n) is 11.4. The first kappa shape index (κ1) is 27.1. The van der Waals surface area contributed by atoms with Crippen molar-refractivity contribution >= 4 is 46.5 Å². The highest BCUT2D eigenvalue weighted by atomic mass is 35.5. The second kappa shape index (κ2) is 10.7. The molecule has 7 rings (SSSR count). The number of carbonyl (C=O) groups is 3. The van der Waals surface area contributed by atoms with Crippen LogP contribution in [-0.4, -0.2) is 41.2 Å². The molecule has 7 nitrogen and oxygen atoms in total. The van der Waals surface area contributed by atoms with Gasteiger partial charge in [-0.2, -0.15) is 0 Å². The summed E-state index contributed by atoms with van der Waals surface area (Å²) in [6, 6.07) is 8.95. The molecule has 4 saturated carbocycles. The molecule has 0 radical (unpaired) electrons. The molecule has 0 atom stereocenters. The summed E-state index contributed by atoms with van der Waals surface area (Å²) in [5, 5.41) is 3.02. The molecule has 0 spiro atoms. The average Bonchev–Trinajstić information content (AvgIpc) is 3.15. The molecule has 210 valence electrons. The fourth-order valence-corrected chi connectivity index (χ4v) is 8.31. The Labute approximate surface area is 241 Å². The zero-order valence-electron chi connectivity index (χ0n) is 22.1. The molecule has 3 amide bonds. The summed E-state index contributed by atoms with van der Waals surface area (Å²) in [4.78, 5) is 39.7. The molecule has 1 N–H and O–H groups in total. The van der Waals surface area contributed by atoms with E-state index in [0.717, 1.165) is 59.7 Å². The van der Waals surface area contributed by atoms with E-state index in [0.29, 0.717) is 22.6 Å². The first-order chi connectivity index (χ1) is 19.2. The molecular formula is C30H30ClFN2O5S. The molecule has 2 aromatic rings. The van der Waals surface area contributed by atoms with Gasteiger partial charge in [0.1, 0.15) is 5.82 Å². The Balaban J connectivity index is 1.09. The Kier molecular flexibility index (Phi) is 7.29. The second-order valence-corrected chi connectivity index (χ2v) is 12.8. The Morgan fingerprint density at radius 3 is 2.45 bits per heavy atom. The summed E-state index contributed by atoms with van der Waals surface area (Å²) in [5.41, 5.74) is 1.03. The average molecular weight is 585 g/mol. The zero-order chi connectivity index (χ0) is 28.0. The van der Waals surface area contributed by atoms with Crippen molar-refractivity contribution in [2.75, 3.05) is 13.7 Å². The van der Waals surface area contributed by atoms with Gasteiger partial charge in [-0.1, -0.05) is 23.7 Å². The van der Waals surface area contributed by atoms with Crippen LogP contribution in [0, 0.1) is 23.6 Å². The number of imide groups is 1. The van der Waals surface area contributed by atoms with Crippen LogP contribution in [0.1, 0.15) is 49.7 Å². The summed E-state index contributed by atoms with van der Waals surface area (Å²) < 4.78 is 24.7. The molecule has 1 saturated heterocycles. The van der Waals surface area contributed by atoms with Crippen molar-refractivity contribution in [1.82, 2.24) is 10.2 Å².